The molecule has 4 N–H and O–H groups in total. The van der Waals surface area contributed by atoms with Crippen molar-refractivity contribution in [3.05, 3.63) is 48.2 Å². The van der Waals surface area contributed by atoms with Crippen LogP contribution >= 0.6 is 11.3 Å². The van der Waals surface area contributed by atoms with E-state index < -0.39 is 29.1 Å². The van der Waals surface area contributed by atoms with Crippen LogP contribution in [0.2, 0.25) is 0 Å². The number of thiazole rings is 1. The molecule has 3 atom stereocenters. The molecule has 204 valence electrons. The molecule has 0 aliphatic carbocycles. The van der Waals surface area contributed by atoms with Gasteiger partial charge in [-0.1, -0.05) is 0 Å². The Labute approximate surface area is 230 Å². The van der Waals surface area contributed by atoms with Crippen molar-refractivity contribution in [2.75, 3.05) is 31.6 Å². The molecule has 3 unspecified atom stereocenters. The Hall–Kier alpha value is -4.03. The fraction of sp³-hybridized carbons (Fsp3) is 0.370. The number of nitrogens with zero attached hydrogens (tertiary/aromatic N) is 4. The minimum atomic E-state index is -1.45. The number of carbonyl (C=O) groups is 2. The highest BCUT2D eigenvalue weighted by Gasteiger charge is 2.57. The summed E-state index contributed by atoms with van der Waals surface area (Å²) in [6.45, 7) is 4.83. The number of fused-ring (bicyclic) bond motifs is 1. The first-order valence-corrected chi connectivity index (χ1v) is 13.6. The average molecular weight is 550 g/mol. The summed E-state index contributed by atoms with van der Waals surface area (Å²) >= 11 is 1.50. The maximum Gasteiger partial charge on any atom is 0.318 e. The normalized spacial score (nSPS) is 24.5. The highest BCUT2D eigenvalue weighted by atomic mass is 32.1. The van der Waals surface area contributed by atoms with Gasteiger partial charge in [0.2, 0.25) is 5.79 Å². The van der Waals surface area contributed by atoms with E-state index in [1.165, 1.54) is 11.3 Å². The number of ether oxygens (including phenoxy) is 1. The van der Waals surface area contributed by atoms with Crippen LogP contribution < -0.4 is 25.6 Å². The number of amides is 2. The molecule has 2 amide bonds. The van der Waals surface area contributed by atoms with E-state index in [2.05, 4.69) is 25.9 Å². The van der Waals surface area contributed by atoms with Gasteiger partial charge in [0.15, 0.2) is 0 Å². The van der Waals surface area contributed by atoms with E-state index in [0.29, 0.717) is 43.2 Å². The quantitative estimate of drug-likeness (QED) is 0.351. The van der Waals surface area contributed by atoms with E-state index in [-0.39, 0.29) is 0 Å². The zero-order chi connectivity index (χ0) is 27.6. The molecule has 11 nitrogen and oxygen atoms in total. The van der Waals surface area contributed by atoms with Crippen molar-refractivity contribution >= 4 is 45.5 Å². The SMILES string of the molecule is CCNC(=O)NC1(C2CNCCC2(C)C(=O)O)N=CC=CN1c1cc(-c2cc(OC)ccn2)c2scnc2c1. The number of aliphatic carboxylic acids is 1. The van der Waals surface area contributed by atoms with Gasteiger partial charge in [-0.2, -0.15) is 0 Å². The standard InChI is InChI=1S/C27H31N7O4S/c1-4-29-25(37)33-27(22-15-28-10-7-26(22,2)24(35)36)32-8-5-11-34(27)17-12-19(23-21(13-17)31-16-39-23)20-14-18(38-3)6-9-30-20/h5-6,8-9,11-14,16,22,28H,4,7,10,15H2,1-3H3,(H,35,36)(H2,29,33,37). The van der Waals surface area contributed by atoms with E-state index in [4.69, 9.17) is 9.73 Å². The lowest BCUT2D eigenvalue weighted by atomic mass is 9.68. The molecule has 1 saturated heterocycles. The summed E-state index contributed by atoms with van der Waals surface area (Å²) < 4.78 is 6.38. The van der Waals surface area contributed by atoms with Crippen LogP contribution in [0, 0.1) is 11.3 Å². The second-order valence-corrected chi connectivity index (χ2v) is 10.6. The third-order valence-corrected chi connectivity index (χ3v) is 8.32. The lowest BCUT2D eigenvalue weighted by molar-refractivity contribution is -0.155. The van der Waals surface area contributed by atoms with Crippen molar-refractivity contribution in [3.63, 3.8) is 0 Å². The Balaban J connectivity index is 1.71. The number of piperidine rings is 1. The molecule has 2 aromatic heterocycles. The van der Waals surface area contributed by atoms with Crippen molar-refractivity contribution in [1.82, 2.24) is 25.9 Å². The summed E-state index contributed by atoms with van der Waals surface area (Å²) in [5.74, 6) is -2.35. The maximum absolute atomic E-state index is 13.1. The summed E-state index contributed by atoms with van der Waals surface area (Å²) in [5, 5.41) is 19.5. The van der Waals surface area contributed by atoms with Gasteiger partial charge >= 0.3 is 12.0 Å². The molecule has 0 radical (unpaired) electrons. The van der Waals surface area contributed by atoms with Crippen molar-refractivity contribution < 1.29 is 19.4 Å². The number of carboxylic acid groups (broad SMARTS) is 1. The molecular weight excluding hydrogens is 518 g/mol. The maximum atomic E-state index is 13.1. The molecule has 2 aliphatic heterocycles. The second kappa shape index (κ2) is 10.6. The lowest BCUT2D eigenvalue weighted by Gasteiger charge is -2.52. The van der Waals surface area contributed by atoms with E-state index in [0.717, 1.165) is 15.8 Å². The highest BCUT2D eigenvalue weighted by Crippen LogP contribution is 2.46. The zero-order valence-corrected chi connectivity index (χ0v) is 22.8. The first-order chi connectivity index (χ1) is 18.8. The minimum Gasteiger partial charge on any atom is -0.497 e. The fourth-order valence-electron chi connectivity index (χ4n) is 5.35. The predicted molar refractivity (Wildman–Crippen MR) is 151 cm³/mol. The Morgan fingerprint density at radius 1 is 1.31 bits per heavy atom. The average Bonchev–Trinajstić information content (AvgIpc) is 3.42. The van der Waals surface area contributed by atoms with Crippen molar-refractivity contribution in [2.24, 2.45) is 16.3 Å². The van der Waals surface area contributed by atoms with Crippen LogP contribution in [0.1, 0.15) is 20.3 Å². The number of rotatable bonds is 7. The number of benzene rings is 1. The van der Waals surface area contributed by atoms with Crippen LogP contribution in [0.15, 0.2) is 53.2 Å². The van der Waals surface area contributed by atoms with Gasteiger partial charge in [0.05, 0.1) is 39.9 Å². The predicted octanol–water partition coefficient (Wildman–Crippen LogP) is 3.44. The summed E-state index contributed by atoms with van der Waals surface area (Å²) in [4.78, 5) is 41.6. The summed E-state index contributed by atoms with van der Waals surface area (Å²) in [6.07, 6.45) is 7.24. The van der Waals surface area contributed by atoms with Crippen molar-refractivity contribution in [3.8, 4) is 17.0 Å². The summed E-state index contributed by atoms with van der Waals surface area (Å²) in [5.41, 5.74) is 3.56. The second-order valence-electron chi connectivity index (χ2n) is 9.70. The van der Waals surface area contributed by atoms with Crippen LogP contribution in [0.25, 0.3) is 21.5 Å². The van der Waals surface area contributed by atoms with E-state index in [1.807, 2.05) is 36.2 Å². The molecule has 2 aliphatic rings. The van der Waals surface area contributed by atoms with E-state index in [1.54, 1.807) is 44.1 Å². The summed E-state index contributed by atoms with van der Waals surface area (Å²) in [6, 6.07) is 7.08. The number of allylic oxidation sites excluding steroid dienone is 1. The smallest absolute Gasteiger partial charge is 0.318 e. The van der Waals surface area contributed by atoms with Crippen LogP contribution in [0.5, 0.6) is 5.75 Å². The van der Waals surface area contributed by atoms with Gasteiger partial charge in [-0.25, -0.2) is 14.8 Å². The number of carboxylic acids is 1. The van der Waals surface area contributed by atoms with E-state index in [9.17, 15) is 14.7 Å². The fourth-order valence-corrected chi connectivity index (χ4v) is 6.15. The number of anilines is 1. The number of aromatic nitrogens is 2. The zero-order valence-electron chi connectivity index (χ0n) is 22.0. The first-order valence-electron chi connectivity index (χ1n) is 12.7. The molecule has 0 bridgehead atoms. The first kappa shape index (κ1) is 26.6. The molecule has 3 aromatic rings. The molecule has 0 spiro atoms. The van der Waals surface area contributed by atoms with Gasteiger partial charge in [-0.05, 0) is 51.1 Å². The number of methoxy groups -OCH3 is 1. The van der Waals surface area contributed by atoms with Gasteiger partial charge < -0.3 is 25.4 Å². The van der Waals surface area contributed by atoms with Gasteiger partial charge in [-0.15, -0.1) is 11.3 Å². The number of carbonyl (C=O) groups excluding carboxylic acids is 1. The largest absolute Gasteiger partial charge is 0.497 e. The minimum absolute atomic E-state index is 0.333. The monoisotopic (exact) mass is 549 g/mol. The topological polar surface area (TPSA) is 141 Å². The Kier molecular flexibility index (Phi) is 7.23. The van der Waals surface area contributed by atoms with Gasteiger partial charge in [0, 0.05) is 49.0 Å². The number of hydrogen-bond donors (Lipinski definition) is 4. The van der Waals surface area contributed by atoms with Gasteiger partial charge in [-0.3, -0.25) is 15.1 Å². The Morgan fingerprint density at radius 2 is 2.15 bits per heavy atom. The van der Waals surface area contributed by atoms with Crippen molar-refractivity contribution in [1.29, 1.82) is 0 Å². The number of urea groups is 1. The third kappa shape index (κ3) is 4.70. The van der Waals surface area contributed by atoms with Crippen LogP contribution in [0.4, 0.5) is 10.5 Å². The number of hydrogen-bond acceptors (Lipinski definition) is 9. The summed E-state index contributed by atoms with van der Waals surface area (Å²) in [7, 11) is 1.60. The molecular formula is C27H31N7O4S. The van der Waals surface area contributed by atoms with Gasteiger partial charge in [0.1, 0.15) is 5.75 Å². The van der Waals surface area contributed by atoms with Crippen LogP contribution in [0.3, 0.4) is 0 Å². The molecule has 4 heterocycles. The Morgan fingerprint density at radius 3 is 2.92 bits per heavy atom. The van der Waals surface area contributed by atoms with E-state index >= 15 is 0 Å². The molecule has 12 heteroatoms. The highest BCUT2D eigenvalue weighted by molar-refractivity contribution is 7.17. The molecule has 5 rings (SSSR count). The number of aliphatic imine (C=N–C) groups is 1. The molecule has 39 heavy (non-hydrogen) atoms. The van der Waals surface area contributed by atoms with Crippen molar-refractivity contribution in [2.45, 2.75) is 26.1 Å². The third-order valence-electron chi connectivity index (χ3n) is 7.45. The van der Waals surface area contributed by atoms with Gasteiger partial charge in [0.25, 0.3) is 0 Å². The molecule has 0 saturated carbocycles. The number of nitrogens with one attached hydrogen (secondary N) is 3. The molecule has 1 fully saturated rings. The molecule has 1 aromatic carbocycles. The number of pyridine rings is 1. The Bertz CT molecular complexity index is 1460. The van der Waals surface area contributed by atoms with Crippen LogP contribution in [-0.4, -0.2) is 65.8 Å². The lowest BCUT2D eigenvalue weighted by Crippen LogP contribution is -2.71. The van der Waals surface area contributed by atoms with Crippen LogP contribution in [-0.2, 0) is 4.79 Å².